The zero-order valence-corrected chi connectivity index (χ0v) is 13.5. The number of aryl methyl sites for hydroxylation is 1. The van der Waals surface area contributed by atoms with Crippen molar-refractivity contribution < 1.29 is 9.72 Å². The Kier molecular flexibility index (Phi) is 5.03. The van der Waals surface area contributed by atoms with Gasteiger partial charge in [0, 0.05) is 40.6 Å². The number of benzene rings is 1. The summed E-state index contributed by atoms with van der Waals surface area (Å²) >= 11 is 4.77. The second-order valence-corrected chi connectivity index (χ2v) is 6.11. The Morgan fingerprint density at radius 3 is 2.90 bits per heavy atom. The van der Waals surface area contributed by atoms with Crippen molar-refractivity contribution in [3.63, 3.8) is 0 Å². The summed E-state index contributed by atoms with van der Waals surface area (Å²) in [5, 5.41) is 16.4. The van der Waals surface area contributed by atoms with Crippen LogP contribution in [0.3, 0.4) is 0 Å². The van der Waals surface area contributed by atoms with E-state index in [9.17, 15) is 14.9 Å². The van der Waals surface area contributed by atoms with E-state index in [4.69, 9.17) is 0 Å². The lowest BCUT2D eigenvalue weighted by Crippen LogP contribution is -2.26. The number of nitro groups is 1. The number of amides is 1. The third-order valence-electron chi connectivity index (χ3n) is 2.70. The number of thiazole rings is 1. The molecule has 0 aliphatic heterocycles. The van der Waals surface area contributed by atoms with Gasteiger partial charge in [-0.05, 0) is 28.9 Å². The summed E-state index contributed by atoms with van der Waals surface area (Å²) in [5.41, 5.74) is 1.10. The molecule has 0 aliphatic rings. The fourth-order valence-electron chi connectivity index (χ4n) is 1.70. The summed E-state index contributed by atoms with van der Waals surface area (Å²) in [6.45, 7) is 2.35. The molecule has 0 saturated heterocycles. The number of carbonyl (C=O) groups is 1. The third kappa shape index (κ3) is 4.08. The van der Waals surface area contributed by atoms with Crippen molar-refractivity contribution in [2.24, 2.45) is 0 Å². The van der Waals surface area contributed by atoms with Gasteiger partial charge in [0.25, 0.3) is 11.6 Å². The van der Waals surface area contributed by atoms with Gasteiger partial charge in [0.05, 0.1) is 15.5 Å². The van der Waals surface area contributed by atoms with E-state index in [0.717, 1.165) is 10.7 Å². The van der Waals surface area contributed by atoms with Gasteiger partial charge in [-0.3, -0.25) is 14.9 Å². The number of carbonyl (C=O) groups excluding carboxylic acids is 1. The molecule has 0 fully saturated rings. The van der Waals surface area contributed by atoms with Crippen LogP contribution in [0.4, 0.5) is 5.69 Å². The van der Waals surface area contributed by atoms with Crippen molar-refractivity contribution in [3.05, 3.63) is 54.4 Å². The molecule has 0 unspecified atom stereocenters. The van der Waals surface area contributed by atoms with E-state index >= 15 is 0 Å². The van der Waals surface area contributed by atoms with E-state index in [1.165, 1.54) is 18.2 Å². The van der Waals surface area contributed by atoms with E-state index in [1.54, 1.807) is 11.3 Å². The molecule has 1 N–H and O–H groups in total. The Labute approximate surface area is 133 Å². The van der Waals surface area contributed by atoms with Crippen LogP contribution in [0, 0.1) is 17.0 Å². The summed E-state index contributed by atoms with van der Waals surface area (Å²) in [7, 11) is 0. The fourth-order valence-corrected chi connectivity index (χ4v) is 2.90. The first-order chi connectivity index (χ1) is 9.97. The highest BCUT2D eigenvalue weighted by Gasteiger charge is 2.15. The van der Waals surface area contributed by atoms with Crippen LogP contribution in [0.15, 0.2) is 28.1 Å². The van der Waals surface area contributed by atoms with Crippen LogP contribution >= 0.6 is 27.3 Å². The molecule has 6 nitrogen and oxygen atoms in total. The average Bonchev–Trinajstić information content (AvgIpc) is 2.84. The highest BCUT2D eigenvalue weighted by molar-refractivity contribution is 9.10. The van der Waals surface area contributed by atoms with Gasteiger partial charge in [0.1, 0.15) is 0 Å². The second kappa shape index (κ2) is 6.77. The molecule has 0 bridgehead atoms. The van der Waals surface area contributed by atoms with E-state index in [2.05, 4.69) is 26.2 Å². The Hall–Kier alpha value is -1.80. The predicted molar refractivity (Wildman–Crippen MR) is 83.7 cm³/mol. The molecule has 1 aromatic carbocycles. The van der Waals surface area contributed by atoms with Crippen LogP contribution in [0.2, 0.25) is 0 Å². The molecule has 0 saturated carbocycles. The Balaban J connectivity index is 1.99. The minimum absolute atomic E-state index is 0.112. The van der Waals surface area contributed by atoms with Crippen molar-refractivity contribution in [1.82, 2.24) is 10.3 Å². The van der Waals surface area contributed by atoms with Crippen molar-refractivity contribution in [3.8, 4) is 0 Å². The van der Waals surface area contributed by atoms with Crippen molar-refractivity contribution in [2.75, 3.05) is 6.54 Å². The molecular weight excluding hydrogens is 358 g/mol. The van der Waals surface area contributed by atoms with Crippen LogP contribution in [0.1, 0.15) is 21.1 Å². The molecule has 21 heavy (non-hydrogen) atoms. The van der Waals surface area contributed by atoms with Crippen molar-refractivity contribution in [2.45, 2.75) is 13.3 Å². The zero-order chi connectivity index (χ0) is 15.4. The normalized spacial score (nSPS) is 10.4. The summed E-state index contributed by atoms with van der Waals surface area (Å²) in [4.78, 5) is 26.6. The SMILES string of the molecule is Cc1csc(CCNC(=O)c2cc([N+](=O)[O-])ccc2Br)n1. The Bertz CT molecular complexity index is 687. The summed E-state index contributed by atoms with van der Waals surface area (Å²) < 4.78 is 0.524. The number of nitrogens with zero attached hydrogens (tertiary/aromatic N) is 2. The molecule has 8 heteroatoms. The molecule has 1 amide bonds. The molecule has 0 radical (unpaired) electrons. The van der Waals surface area contributed by atoms with Gasteiger partial charge in [-0.1, -0.05) is 0 Å². The lowest BCUT2D eigenvalue weighted by molar-refractivity contribution is -0.384. The predicted octanol–water partition coefficient (Wildman–Crippen LogP) is 3.09. The molecule has 2 rings (SSSR count). The number of halogens is 1. The Morgan fingerprint density at radius 2 is 2.29 bits per heavy atom. The van der Waals surface area contributed by atoms with E-state index in [1.807, 2.05) is 12.3 Å². The smallest absolute Gasteiger partial charge is 0.270 e. The molecule has 0 aliphatic carbocycles. The number of non-ortho nitro benzene ring substituents is 1. The summed E-state index contributed by atoms with van der Waals surface area (Å²) in [5.74, 6) is -0.348. The van der Waals surface area contributed by atoms with Gasteiger partial charge < -0.3 is 5.32 Å². The number of nitro benzene ring substituents is 1. The van der Waals surface area contributed by atoms with E-state index in [-0.39, 0.29) is 17.2 Å². The minimum atomic E-state index is -0.526. The van der Waals surface area contributed by atoms with Crippen LogP contribution in [-0.4, -0.2) is 22.4 Å². The second-order valence-electron chi connectivity index (χ2n) is 4.31. The molecule has 0 spiro atoms. The topological polar surface area (TPSA) is 85.1 Å². The minimum Gasteiger partial charge on any atom is -0.352 e. The molecule has 1 aromatic heterocycles. The lowest BCUT2D eigenvalue weighted by Gasteiger charge is -2.06. The van der Waals surface area contributed by atoms with Gasteiger partial charge in [-0.25, -0.2) is 4.98 Å². The highest BCUT2D eigenvalue weighted by Crippen LogP contribution is 2.22. The van der Waals surface area contributed by atoms with Crippen LogP contribution < -0.4 is 5.32 Å². The zero-order valence-electron chi connectivity index (χ0n) is 11.1. The van der Waals surface area contributed by atoms with Gasteiger partial charge in [0.2, 0.25) is 0 Å². The van der Waals surface area contributed by atoms with Crippen LogP contribution in [-0.2, 0) is 6.42 Å². The quantitative estimate of drug-likeness (QED) is 0.647. The number of hydrogen-bond donors (Lipinski definition) is 1. The lowest BCUT2D eigenvalue weighted by atomic mass is 10.2. The average molecular weight is 370 g/mol. The third-order valence-corrected chi connectivity index (χ3v) is 4.41. The molecule has 0 atom stereocenters. The molecule has 110 valence electrons. The van der Waals surface area contributed by atoms with Gasteiger partial charge in [-0.2, -0.15) is 0 Å². The maximum atomic E-state index is 12.1. The number of aromatic nitrogens is 1. The first-order valence-corrected chi connectivity index (χ1v) is 7.78. The van der Waals surface area contributed by atoms with Crippen molar-refractivity contribution in [1.29, 1.82) is 0 Å². The highest BCUT2D eigenvalue weighted by atomic mass is 79.9. The summed E-state index contributed by atoms with van der Waals surface area (Å²) in [6.07, 6.45) is 0.636. The van der Waals surface area contributed by atoms with E-state index in [0.29, 0.717) is 17.4 Å². The van der Waals surface area contributed by atoms with Crippen molar-refractivity contribution >= 4 is 38.9 Å². The fraction of sp³-hybridized carbons (Fsp3) is 0.231. The number of rotatable bonds is 5. The number of hydrogen-bond acceptors (Lipinski definition) is 5. The van der Waals surface area contributed by atoms with Crippen LogP contribution in [0.25, 0.3) is 0 Å². The largest absolute Gasteiger partial charge is 0.352 e. The summed E-state index contributed by atoms with van der Waals surface area (Å²) in [6, 6.07) is 4.10. The Morgan fingerprint density at radius 1 is 1.52 bits per heavy atom. The van der Waals surface area contributed by atoms with Gasteiger partial charge >= 0.3 is 0 Å². The monoisotopic (exact) mass is 369 g/mol. The molecular formula is C13H12BrN3O3S. The van der Waals surface area contributed by atoms with Gasteiger partial charge in [-0.15, -0.1) is 11.3 Å². The molecule has 1 heterocycles. The van der Waals surface area contributed by atoms with Gasteiger partial charge in [0.15, 0.2) is 0 Å². The van der Waals surface area contributed by atoms with E-state index < -0.39 is 4.92 Å². The first kappa shape index (κ1) is 15.6. The standard InChI is InChI=1S/C13H12BrN3O3S/c1-8-7-21-12(16-8)4-5-15-13(18)10-6-9(17(19)20)2-3-11(10)14/h2-3,6-7H,4-5H2,1H3,(H,15,18). The number of nitrogens with one attached hydrogen (secondary N) is 1. The molecule has 2 aromatic rings. The maximum absolute atomic E-state index is 12.1. The maximum Gasteiger partial charge on any atom is 0.270 e. The van der Waals surface area contributed by atoms with Crippen LogP contribution in [0.5, 0.6) is 0 Å². The first-order valence-electron chi connectivity index (χ1n) is 6.10.